The van der Waals surface area contributed by atoms with Gasteiger partial charge in [-0.25, -0.2) is 13.2 Å². The number of rotatable bonds is 3. The van der Waals surface area contributed by atoms with Gasteiger partial charge in [-0.3, -0.25) is 10.1 Å². The Bertz CT molecular complexity index is 692. The quantitative estimate of drug-likeness (QED) is 0.392. The van der Waals surface area contributed by atoms with Gasteiger partial charge in [0.15, 0.2) is 11.6 Å². The number of nitro groups is 1. The lowest BCUT2D eigenvalue weighted by molar-refractivity contribution is -0.384. The number of nitrogen functional groups attached to an aromatic ring is 1. The minimum atomic E-state index is -1.32. The van der Waals surface area contributed by atoms with Gasteiger partial charge in [0.05, 0.1) is 22.0 Å². The topological polar surface area (TPSA) is 81.2 Å². The number of non-ortho nitro benzene ring substituents is 1. The summed E-state index contributed by atoms with van der Waals surface area (Å²) in [5.74, 6) is -3.55. The molecule has 0 unspecified atom stereocenters. The first kappa shape index (κ1) is 13.7. The molecule has 0 amide bonds. The number of benzene rings is 2. The summed E-state index contributed by atoms with van der Waals surface area (Å²) < 4.78 is 39.2. The summed E-state index contributed by atoms with van der Waals surface area (Å²) in [5.41, 5.74) is 5.12. The first-order chi connectivity index (χ1) is 9.38. The molecule has 0 atom stereocenters. The highest BCUT2D eigenvalue weighted by Crippen LogP contribution is 2.29. The van der Waals surface area contributed by atoms with Crippen LogP contribution in [-0.4, -0.2) is 4.92 Å². The predicted octanol–water partition coefficient (Wildman–Crippen LogP) is 3.34. The number of anilines is 3. The van der Waals surface area contributed by atoms with Crippen LogP contribution in [0.4, 0.5) is 35.9 Å². The molecule has 0 saturated carbocycles. The van der Waals surface area contributed by atoms with Crippen molar-refractivity contribution in [1.82, 2.24) is 0 Å². The molecule has 2 aromatic rings. The Morgan fingerprint density at radius 3 is 2.25 bits per heavy atom. The van der Waals surface area contributed by atoms with Crippen LogP contribution in [0.5, 0.6) is 0 Å². The summed E-state index contributed by atoms with van der Waals surface area (Å²) in [6, 6.07) is 4.48. The standard InChI is InChI=1S/C12H8F3N3O2/c13-7-4-9(15)12(5-8(7)14)17-11-2-1-6(18(19)20)3-10(11)16/h1-5,17H,16H2. The fourth-order valence-electron chi connectivity index (χ4n) is 1.54. The van der Waals surface area contributed by atoms with Gasteiger partial charge in [0, 0.05) is 24.3 Å². The molecule has 3 N–H and O–H groups in total. The van der Waals surface area contributed by atoms with Gasteiger partial charge >= 0.3 is 0 Å². The van der Waals surface area contributed by atoms with E-state index in [1.54, 1.807) is 0 Å². The van der Waals surface area contributed by atoms with Gasteiger partial charge in [0.1, 0.15) is 5.82 Å². The lowest BCUT2D eigenvalue weighted by Gasteiger charge is -2.10. The molecular formula is C12H8F3N3O2. The molecule has 0 heterocycles. The van der Waals surface area contributed by atoms with Crippen molar-refractivity contribution in [1.29, 1.82) is 0 Å². The van der Waals surface area contributed by atoms with Crippen molar-refractivity contribution in [3.8, 4) is 0 Å². The van der Waals surface area contributed by atoms with E-state index >= 15 is 0 Å². The normalized spacial score (nSPS) is 10.3. The van der Waals surface area contributed by atoms with Crippen LogP contribution in [0.15, 0.2) is 30.3 Å². The van der Waals surface area contributed by atoms with E-state index in [0.717, 1.165) is 12.1 Å². The zero-order chi connectivity index (χ0) is 14.9. The zero-order valence-electron chi connectivity index (χ0n) is 9.86. The van der Waals surface area contributed by atoms with Gasteiger partial charge in [-0.1, -0.05) is 0 Å². The van der Waals surface area contributed by atoms with Gasteiger partial charge in [-0.2, -0.15) is 0 Å². The molecule has 0 aliphatic heterocycles. The number of nitrogens with one attached hydrogen (secondary N) is 1. The highest BCUT2D eigenvalue weighted by atomic mass is 19.2. The average molecular weight is 283 g/mol. The van der Waals surface area contributed by atoms with Crippen molar-refractivity contribution in [3.63, 3.8) is 0 Å². The van der Waals surface area contributed by atoms with Crippen molar-refractivity contribution in [2.24, 2.45) is 0 Å². The third-order valence-corrected chi connectivity index (χ3v) is 2.53. The first-order valence-corrected chi connectivity index (χ1v) is 5.34. The molecule has 5 nitrogen and oxygen atoms in total. The highest BCUT2D eigenvalue weighted by molar-refractivity contribution is 5.74. The Hall–Kier alpha value is -2.77. The average Bonchev–Trinajstić information content (AvgIpc) is 2.37. The number of hydrogen-bond donors (Lipinski definition) is 2. The van der Waals surface area contributed by atoms with Crippen LogP contribution in [0.25, 0.3) is 0 Å². The molecule has 0 saturated heterocycles. The summed E-state index contributed by atoms with van der Waals surface area (Å²) in [6.07, 6.45) is 0. The molecule has 0 fully saturated rings. The Balaban J connectivity index is 2.35. The number of nitrogens with two attached hydrogens (primary N) is 1. The molecule has 104 valence electrons. The van der Waals surface area contributed by atoms with Crippen LogP contribution in [0.2, 0.25) is 0 Å². The molecule has 0 bridgehead atoms. The van der Waals surface area contributed by atoms with Crippen molar-refractivity contribution >= 4 is 22.7 Å². The van der Waals surface area contributed by atoms with Gasteiger partial charge in [-0.05, 0) is 6.07 Å². The Kier molecular flexibility index (Phi) is 3.47. The summed E-state index contributed by atoms with van der Waals surface area (Å²) >= 11 is 0. The summed E-state index contributed by atoms with van der Waals surface area (Å²) in [5, 5.41) is 13.0. The fraction of sp³-hybridized carbons (Fsp3) is 0. The van der Waals surface area contributed by atoms with Crippen molar-refractivity contribution < 1.29 is 18.1 Å². The fourth-order valence-corrected chi connectivity index (χ4v) is 1.54. The second-order valence-electron chi connectivity index (χ2n) is 3.90. The van der Waals surface area contributed by atoms with Gasteiger partial charge in [-0.15, -0.1) is 0 Å². The van der Waals surface area contributed by atoms with Gasteiger partial charge in [0.25, 0.3) is 5.69 Å². The minimum Gasteiger partial charge on any atom is -0.397 e. The Morgan fingerprint density at radius 1 is 1.00 bits per heavy atom. The van der Waals surface area contributed by atoms with Crippen LogP contribution < -0.4 is 11.1 Å². The maximum atomic E-state index is 13.4. The molecule has 0 aliphatic carbocycles. The van der Waals surface area contributed by atoms with Crippen molar-refractivity contribution in [3.05, 3.63) is 57.9 Å². The van der Waals surface area contributed by atoms with Crippen molar-refractivity contribution in [2.45, 2.75) is 0 Å². The summed E-state index contributed by atoms with van der Waals surface area (Å²) in [7, 11) is 0. The molecule has 8 heteroatoms. The maximum Gasteiger partial charge on any atom is 0.271 e. The van der Waals surface area contributed by atoms with Gasteiger partial charge < -0.3 is 11.1 Å². The van der Waals surface area contributed by atoms with Crippen LogP contribution in [-0.2, 0) is 0 Å². The maximum absolute atomic E-state index is 13.4. The van der Waals surface area contributed by atoms with Crippen LogP contribution in [0.1, 0.15) is 0 Å². The predicted molar refractivity (Wildman–Crippen MR) is 67.1 cm³/mol. The summed E-state index contributed by atoms with van der Waals surface area (Å²) in [4.78, 5) is 9.90. The van der Waals surface area contributed by atoms with Crippen LogP contribution in [0, 0.1) is 27.6 Å². The largest absolute Gasteiger partial charge is 0.397 e. The smallest absolute Gasteiger partial charge is 0.271 e. The number of hydrogen-bond acceptors (Lipinski definition) is 4. The number of nitrogens with zero attached hydrogens (tertiary/aromatic N) is 1. The van der Waals surface area contributed by atoms with Gasteiger partial charge in [0.2, 0.25) is 0 Å². The van der Waals surface area contributed by atoms with Crippen molar-refractivity contribution in [2.75, 3.05) is 11.1 Å². The second-order valence-corrected chi connectivity index (χ2v) is 3.90. The summed E-state index contributed by atoms with van der Waals surface area (Å²) in [6.45, 7) is 0. The van der Waals surface area contributed by atoms with Crippen LogP contribution in [0.3, 0.4) is 0 Å². The third-order valence-electron chi connectivity index (χ3n) is 2.53. The second kappa shape index (κ2) is 5.08. The zero-order valence-corrected chi connectivity index (χ0v) is 9.86. The molecule has 20 heavy (non-hydrogen) atoms. The molecular weight excluding hydrogens is 275 g/mol. The number of nitro benzene ring substituents is 1. The van der Waals surface area contributed by atoms with E-state index in [0.29, 0.717) is 12.1 Å². The number of halogens is 3. The molecule has 0 aliphatic rings. The molecule has 2 aromatic carbocycles. The van der Waals surface area contributed by atoms with E-state index in [1.165, 1.54) is 6.07 Å². The van der Waals surface area contributed by atoms with Crippen LogP contribution >= 0.6 is 0 Å². The monoisotopic (exact) mass is 283 g/mol. The SMILES string of the molecule is Nc1cc([N+](=O)[O-])ccc1Nc1cc(F)c(F)cc1F. The molecule has 2 rings (SSSR count). The molecule has 0 aromatic heterocycles. The Labute approximate surface area is 111 Å². The molecule has 0 spiro atoms. The minimum absolute atomic E-state index is 0.0247. The van der Waals surface area contributed by atoms with E-state index in [1.807, 2.05) is 0 Å². The van der Waals surface area contributed by atoms with E-state index in [2.05, 4.69) is 5.32 Å². The lowest BCUT2D eigenvalue weighted by atomic mass is 10.2. The van der Waals surface area contributed by atoms with E-state index < -0.39 is 22.4 Å². The van der Waals surface area contributed by atoms with E-state index in [9.17, 15) is 23.3 Å². The van der Waals surface area contributed by atoms with E-state index in [4.69, 9.17) is 5.73 Å². The Morgan fingerprint density at radius 2 is 1.65 bits per heavy atom. The first-order valence-electron chi connectivity index (χ1n) is 5.34. The lowest BCUT2D eigenvalue weighted by Crippen LogP contribution is -2.01. The van der Waals surface area contributed by atoms with E-state index in [-0.39, 0.29) is 22.7 Å². The molecule has 0 radical (unpaired) electrons. The third kappa shape index (κ3) is 2.63. The highest BCUT2D eigenvalue weighted by Gasteiger charge is 2.13.